The van der Waals surface area contributed by atoms with Gasteiger partial charge < -0.3 is 20.1 Å². The summed E-state index contributed by atoms with van der Waals surface area (Å²) < 4.78 is 11.0. The Labute approximate surface area is 194 Å². The largest absolute Gasteiger partial charge is 0.496 e. The molecular weight excluding hydrogens is 416 g/mol. The van der Waals surface area contributed by atoms with E-state index >= 15 is 0 Å². The second kappa shape index (κ2) is 10.6. The Hall–Kier alpha value is -3.87. The average Bonchev–Trinajstić information content (AvgIpc) is 2.82. The Morgan fingerprint density at radius 1 is 1.03 bits per heavy atom. The summed E-state index contributed by atoms with van der Waals surface area (Å²) >= 11 is 0. The molecule has 0 fully saturated rings. The summed E-state index contributed by atoms with van der Waals surface area (Å²) in [7, 11) is 3.34. The van der Waals surface area contributed by atoms with Crippen LogP contribution in [0.4, 0.5) is 17.3 Å². The van der Waals surface area contributed by atoms with Gasteiger partial charge >= 0.3 is 0 Å². The van der Waals surface area contributed by atoms with Gasteiger partial charge in [0.1, 0.15) is 11.5 Å². The van der Waals surface area contributed by atoms with Crippen LogP contribution in [0.1, 0.15) is 27.8 Å². The molecule has 1 amide bonds. The average molecular weight is 447 g/mol. The highest BCUT2D eigenvalue weighted by Crippen LogP contribution is 2.33. The highest BCUT2D eigenvalue weighted by molar-refractivity contribution is 6.01. The van der Waals surface area contributed by atoms with Crippen LogP contribution in [0.2, 0.25) is 0 Å². The molecule has 0 radical (unpaired) electrons. The maximum absolute atomic E-state index is 11.8. The molecule has 7 heteroatoms. The molecule has 0 saturated carbocycles. The zero-order valence-corrected chi connectivity index (χ0v) is 19.8. The first-order valence-electron chi connectivity index (χ1n) is 10.7. The van der Waals surface area contributed by atoms with E-state index in [0.29, 0.717) is 11.6 Å². The number of aryl methyl sites for hydroxylation is 2. The predicted octanol–water partition coefficient (Wildman–Crippen LogP) is 5.07. The first kappa shape index (κ1) is 23.8. The zero-order chi connectivity index (χ0) is 24.0. The Morgan fingerprint density at radius 3 is 2.24 bits per heavy atom. The molecule has 1 heterocycles. The van der Waals surface area contributed by atoms with Gasteiger partial charge in [0, 0.05) is 18.5 Å². The van der Waals surface area contributed by atoms with E-state index in [2.05, 4.69) is 41.0 Å². The number of rotatable bonds is 9. The van der Waals surface area contributed by atoms with E-state index < -0.39 is 0 Å². The first-order chi connectivity index (χ1) is 15.9. The van der Waals surface area contributed by atoms with E-state index in [1.807, 2.05) is 43.6 Å². The fourth-order valence-electron chi connectivity index (χ4n) is 3.76. The van der Waals surface area contributed by atoms with E-state index in [0.717, 1.165) is 52.3 Å². The number of ether oxygens (including phenoxy) is 2. The van der Waals surface area contributed by atoms with Gasteiger partial charge in [-0.1, -0.05) is 18.7 Å². The van der Waals surface area contributed by atoms with Crippen molar-refractivity contribution in [2.24, 2.45) is 0 Å². The van der Waals surface area contributed by atoms with Crippen molar-refractivity contribution in [1.29, 1.82) is 0 Å². The van der Waals surface area contributed by atoms with Crippen molar-refractivity contribution < 1.29 is 14.3 Å². The Kier molecular flexibility index (Phi) is 7.66. The summed E-state index contributed by atoms with van der Waals surface area (Å²) in [6, 6.07) is 7.57. The summed E-state index contributed by atoms with van der Waals surface area (Å²) in [5.74, 6) is 1.82. The third-order valence-electron chi connectivity index (χ3n) is 5.67. The van der Waals surface area contributed by atoms with Crippen LogP contribution >= 0.6 is 0 Å². The summed E-state index contributed by atoms with van der Waals surface area (Å²) in [6.07, 6.45) is 6.47. The van der Waals surface area contributed by atoms with Gasteiger partial charge in [-0.05, 0) is 73.6 Å². The van der Waals surface area contributed by atoms with Crippen LogP contribution in [-0.2, 0) is 17.6 Å². The molecule has 2 N–H and O–H groups in total. The van der Waals surface area contributed by atoms with Crippen molar-refractivity contribution in [1.82, 2.24) is 9.97 Å². The molecule has 7 nitrogen and oxygen atoms in total. The Morgan fingerprint density at radius 2 is 1.67 bits per heavy atom. The third-order valence-corrected chi connectivity index (χ3v) is 5.67. The normalized spacial score (nSPS) is 10.5. The number of benzene rings is 2. The van der Waals surface area contributed by atoms with Crippen LogP contribution in [0.5, 0.6) is 11.5 Å². The van der Waals surface area contributed by atoms with Gasteiger partial charge in [0.25, 0.3) is 0 Å². The minimum atomic E-state index is -0.278. The van der Waals surface area contributed by atoms with E-state index in [1.165, 1.54) is 11.6 Å². The van der Waals surface area contributed by atoms with E-state index in [9.17, 15) is 4.79 Å². The maximum atomic E-state index is 11.8. The molecule has 33 heavy (non-hydrogen) atoms. The van der Waals surface area contributed by atoms with Crippen molar-refractivity contribution >= 4 is 23.2 Å². The molecule has 172 valence electrons. The molecule has 3 rings (SSSR count). The second-order valence-electron chi connectivity index (χ2n) is 7.74. The van der Waals surface area contributed by atoms with Gasteiger partial charge in [-0.15, -0.1) is 0 Å². The first-order valence-corrected chi connectivity index (χ1v) is 10.7. The fraction of sp³-hybridized carbons (Fsp3) is 0.269. The quantitative estimate of drug-likeness (QED) is 0.446. The number of methoxy groups -OCH3 is 2. The lowest BCUT2D eigenvalue weighted by Gasteiger charge is -2.17. The molecule has 3 aromatic rings. The molecule has 1 aromatic heterocycles. The molecule has 0 unspecified atom stereocenters. The zero-order valence-electron chi connectivity index (χ0n) is 19.8. The molecule has 2 aromatic carbocycles. The van der Waals surface area contributed by atoms with Gasteiger partial charge in [0.15, 0.2) is 0 Å². The minimum Gasteiger partial charge on any atom is -0.496 e. The highest BCUT2D eigenvalue weighted by atomic mass is 16.5. The third kappa shape index (κ3) is 5.49. The Balaban J connectivity index is 1.76. The van der Waals surface area contributed by atoms with Gasteiger partial charge in [-0.2, -0.15) is 0 Å². The van der Waals surface area contributed by atoms with E-state index in [4.69, 9.17) is 9.47 Å². The number of para-hydroxylation sites is 1. The molecule has 0 saturated heterocycles. The monoisotopic (exact) mass is 446 g/mol. The summed E-state index contributed by atoms with van der Waals surface area (Å²) in [5.41, 5.74) is 6.80. The number of anilines is 3. The molecule has 0 aliphatic rings. The second-order valence-corrected chi connectivity index (χ2v) is 7.74. The van der Waals surface area contributed by atoms with Gasteiger partial charge in [-0.25, -0.2) is 9.97 Å². The number of hydrogen-bond donors (Lipinski definition) is 2. The molecular formula is C26H30N4O3. The lowest BCUT2D eigenvalue weighted by atomic mass is 9.95. The van der Waals surface area contributed by atoms with Crippen molar-refractivity contribution in [2.45, 2.75) is 33.6 Å². The number of nitrogens with zero attached hydrogens (tertiary/aromatic N) is 2. The number of aromatic nitrogens is 2. The number of carbonyl (C=O) groups is 1. The lowest BCUT2D eigenvalue weighted by molar-refractivity contribution is -0.111. The van der Waals surface area contributed by atoms with Crippen molar-refractivity contribution in [2.75, 3.05) is 24.9 Å². The van der Waals surface area contributed by atoms with Gasteiger partial charge in [0.05, 0.1) is 25.6 Å². The van der Waals surface area contributed by atoms with Crippen LogP contribution in [0, 0.1) is 20.8 Å². The molecule has 0 aliphatic heterocycles. The SMILES string of the molecule is C=CC(=O)Nc1cccc(C)c1Nc1ncc(CCc2c(C)c(OC)cc(OC)c2C)cn1. The number of nitrogens with one attached hydrogen (secondary N) is 2. The molecule has 0 spiro atoms. The standard InChI is InChI=1S/C26H30N4O3/c1-7-24(31)29-21-10-8-9-16(2)25(21)30-26-27-14-19(15-28-26)11-12-20-17(3)22(32-5)13-23(33-6)18(20)4/h7-10,13-15H,1,11-12H2,2-6H3,(H,29,31)(H,27,28,30). The van der Waals surface area contributed by atoms with Crippen LogP contribution in [0.25, 0.3) is 0 Å². The van der Waals surface area contributed by atoms with Crippen LogP contribution in [-0.4, -0.2) is 30.1 Å². The van der Waals surface area contributed by atoms with Crippen LogP contribution in [0.3, 0.4) is 0 Å². The van der Waals surface area contributed by atoms with E-state index in [-0.39, 0.29) is 5.91 Å². The number of amides is 1. The van der Waals surface area contributed by atoms with Crippen molar-refractivity contribution in [3.8, 4) is 11.5 Å². The fourth-order valence-corrected chi connectivity index (χ4v) is 3.76. The molecule has 0 bridgehead atoms. The predicted molar refractivity (Wildman–Crippen MR) is 132 cm³/mol. The van der Waals surface area contributed by atoms with E-state index in [1.54, 1.807) is 14.2 Å². The summed E-state index contributed by atoms with van der Waals surface area (Å²) in [4.78, 5) is 20.7. The summed E-state index contributed by atoms with van der Waals surface area (Å²) in [5, 5.41) is 6.02. The molecule has 0 aliphatic carbocycles. The number of carbonyl (C=O) groups excluding carboxylic acids is 1. The topological polar surface area (TPSA) is 85.4 Å². The van der Waals surface area contributed by atoms with Crippen LogP contribution in [0.15, 0.2) is 49.3 Å². The minimum absolute atomic E-state index is 0.278. The Bertz CT molecular complexity index is 1130. The van der Waals surface area contributed by atoms with Crippen molar-refractivity contribution in [3.63, 3.8) is 0 Å². The molecule has 0 atom stereocenters. The van der Waals surface area contributed by atoms with Crippen molar-refractivity contribution in [3.05, 3.63) is 77.1 Å². The lowest BCUT2D eigenvalue weighted by Crippen LogP contribution is -2.10. The van der Waals surface area contributed by atoms with Gasteiger partial charge in [0.2, 0.25) is 11.9 Å². The number of hydrogen-bond acceptors (Lipinski definition) is 6. The maximum Gasteiger partial charge on any atom is 0.247 e. The smallest absolute Gasteiger partial charge is 0.247 e. The summed E-state index contributed by atoms with van der Waals surface area (Å²) in [6.45, 7) is 9.58. The van der Waals surface area contributed by atoms with Crippen LogP contribution < -0.4 is 20.1 Å². The highest BCUT2D eigenvalue weighted by Gasteiger charge is 2.14. The van der Waals surface area contributed by atoms with Gasteiger partial charge in [-0.3, -0.25) is 4.79 Å².